The number of aryl methyl sites for hydroxylation is 1. The molecule has 0 aliphatic carbocycles. The van der Waals surface area contributed by atoms with Crippen molar-refractivity contribution < 1.29 is 22.7 Å². The molecule has 9 nitrogen and oxygen atoms in total. The van der Waals surface area contributed by atoms with Gasteiger partial charge in [-0.2, -0.15) is 0 Å². The normalized spacial score (nSPS) is 10.9. The Morgan fingerprint density at radius 3 is 2.14 bits per heavy atom. The van der Waals surface area contributed by atoms with E-state index >= 15 is 0 Å². The molecular weight excluding hydrogens is 468 g/mol. The van der Waals surface area contributed by atoms with Crippen LogP contribution in [0.4, 0.5) is 11.4 Å². The molecule has 4 rings (SSSR count). The molecule has 4 aromatic rings. The van der Waals surface area contributed by atoms with E-state index in [4.69, 9.17) is 9.47 Å². The Hall–Kier alpha value is -4.44. The molecule has 10 heteroatoms. The van der Waals surface area contributed by atoms with E-state index in [1.807, 2.05) is 0 Å². The molecule has 1 aromatic heterocycles. The summed E-state index contributed by atoms with van der Waals surface area (Å²) in [5.41, 5.74) is 1.76. The lowest BCUT2D eigenvalue weighted by Crippen LogP contribution is -2.17. The molecule has 3 aromatic carbocycles. The maximum atomic E-state index is 12.9. The summed E-state index contributed by atoms with van der Waals surface area (Å²) in [6.07, 6.45) is 3.14. The van der Waals surface area contributed by atoms with E-state index in [-0.39, 0.29) is 16.5 Å². The average molecular weight is 491 g/mol. The first-order valence-electron chi connectivity index (χ1n) is 10.5. The van der Waals surface area contributed by atoms with Crippen LogP contribution in [0.2, 0.25) is 0 Å². The molecule has 1 heterocycles. The summed E-state index contributed by atoms with van der Waals surface area (Å²) in [5, 5.41) is 2.78. The Morgan fingerprint density at radius 1 is 0.857 bits per heavy atom. The van der Waals surface area contributed by atoms with Crippen molar-refractivity contribution in [3.8, 4) is 17.5 Å². The molecule has 2 N–H and O–H groups in total. The molecule has 1 amide bonds. The fraction of sp³-hybridized carbons (Fsp3) is 0.0800. The van der Waals surface area contributed by atoms with E-state index in [1.165, 1.54) is 19.2 Å². The SMILES string of the molecule is COc1ccc(NS(=O)(=O)c2ccc(C)c(C(=O)Nc3ccc(Oc4ncccn4)cc3)c2)cc1. The molecule has 178 valence electrons. The Labute approximate surface area is 202 Å². The van der Waals surface area contributed by atoms with Gasteiger partial charge in [0.15, 0.2) is 0 Å². The lowest BCUT2D eigenvalue weighted by Gasteiger charge is -2.12. The van der Waals surface area contributed by atoms with Crippen LogP contribution >= 0.6 is 0 Å². The van der Waals surface area contributed by atoms with Crippen LogP contribution in [0.25, 0.3) is 0 Å². The lowest BCUT2D eigenvalue weighted by atomic mass is 10.1. The summed E-state index contributed by atoms with van der Waals surface area (Å²) in [4.78, 5) is 20.9. The smallest absolute Gasteiger partial charge is 0.321 e. The molecular formula is C25H22N4O5S. The van der Waals surface area contributed by atoms with Crippen molar-refractivity contribution in [3.63, 3.8) is 0 Å². The molecule has 0 atom stereocenters. The Balaban J connectivity index is 1.48. The van der Waals surface area contributed by atoms with E-state index in [0.29, 0.717) is 28.4 Å². The van der Waals surface area contributed by atoms with Gasteiger partial charge in [-0.15, -0.1) is 0 Å². The molecule has 0 saturated carbocycles. The zero-order valence-electron chi connectivity index (χ0n) is 18.9. The van der Waals surface area contributed by atoms with Gasteiger partial charge in [-0.1, -0.05) is 6.07 Å². The first kappa shape index (κ1) is 23.7. The van der Waals surface area contributed by atoms with Gasteiger partial charge >= 0.3 is 6.01 Å². The molecule has 0 bridgehead atoms. The minimum absolute atomic E-state index is 0.0318. The summed E-state index contributed by atoms with van der Waals surface area (Å²) >= 11 is 0. The molecule has 0 spiro atoms. The van der Waals surface area contributed by atoms with Gasteiger partial charge in [-0.05, 0) is 79.2 Å². The highest BCUT2D eigenvalue weighted by molar-refractivity contribution is 7.92. The Bertz CT molecular complexity index is 1430. The number of amides is 1. The lowest BCUT2D eigenvalue weighted by molar-refractivity contribution is 0.102. The number of nitrogens with zero attached hydrogens (tertiary/aromatic N) is 2. The number of carbonyl (C=O) groups excluding carboxylic acids is 1. The average Bonchev–Trinajstić information content (AvgIpc) is 2.86. The van der Waals surface area contributed by atoms with Crippen molar-refractivity contribution in [3.05, 3.63) is 96.3 Å². The van der Waals surface area contributed by atoms with Gasteiger partial charge in [0, 0.05) is 29.3 Å². The second-order valence-electron chi connectivity index (χ2n) is 7.42. The Kier molecular flexibility index (Phi) is 6.93. The molecule has 0 aliphatic heterocycles. The van der Waals surface area contributed by atoms with Crippen LogP contribution in [0, 0.1) is 6.92 Å². The number of hydrogen-bond acceptors (Lipinski definition) is 7. The van der Waals surface area contributed by atoms with Crippen LogP contribution in [0.15, 0.2) is 90.1 Å². The zero-order valence-corrected chi connectivity index (χ0v) is 19.7. The number of anilines is 2. The van der Waals surface area contributed by atoms with E-state index in [0.717, 1.165) is 0 Å². The monoisotopic (exact) mass is 490 g/mol. The number of nitrogens with one attached hydrogen (secondary N) is 2. The fourth-order valence-electron chi connectivity index (χ4n) is 3.13. The first-order chi connectivity index (χ1) is 16.8. The van der Waals surface area contributed by atoms with Crippen molar-refractivity contribution in [2.75, 3.05) is 17.1 Å². The van der Waals surface area contributed by atoms with Crippen LogP contribution < -0.4 is 19.5 Å². The number of benzene rings is 3. The first-order valence-corrected chi connectivity index (χ1v) is 12.0. The number of sulfonamides is 1. The van der Waals surface area contributed by atoms with E-state index in [9.17, 15) is 13.2 Å². The van der Waals surface area contributed by atoms with Crippen LogP contribution in [-0.2, 0) is 10.0 Å². The number of hydrogen-bond donors (Lipinski definition) is 2. The minimum atomic E-state index is -3.91. The van der Waals surface area contributed by atoms with Crippen LogP contribution in [-0.4, -0.2) is 31.4 Å². The number of methoxy groups -OCH3 is 1. The highest BCUT2D eigenvalue weighted by atomic mass is 32.2. The maximum Gasteiger partial charge on any atom is 0.321 e. The third-order valence-electron chi connectivity index (χ3n) is 4.97. The molecule has 0 radical (unpaired) electrons. The van der Waals surface area contributed by atoms with Crippen LogP contribution in [0.1, 0.15) is 15.9 Å². The topological polar surface area (TPSA) is 120 Å². The minimum Gasteiger partial charge on any atom is -0.497 e. The standard InChI is InChI=1S/C25H22N4O5S/c1-17-4-13-22(35(31,32)29-19-7-9-20(33-2)10-8-19)16-23(17)24(30)28-18-5-11-21(12-6-18)34-25-26-14-3-15-27-25/h3-16,29H,1-2H3,(H,28,30). The van der Waals surface area contributed by atoms with E-state index < -0.39 is 15.9 Å². The maximum absolute atomic E-state index is 12.9. The summed E-state index contributed by atoms with van der Waals surface area (Å²) < 4.78 is 38.9. The summed E-state index contributed by atoms with van der Waals surface area (Å²) in [7, 11) is -2.39. The number of ether oxygens (including phenoxy) is 2. The van der Waals surface area contributed by atoms with Gasteiger partial charge < -0.3 is 14.8 Å². The highest BCUT2D eigenvalue weighted by Crippen LogP contribution is 2.23. The van der Waals surface area contributed by atoms with Crippen molar-refractivity contribution in [2.45, 2.75) is 11.8 Å². The third-order valence-corrected chi connectivity index (χ3v) is 6.35. The van der Waals surface area contributed by atoms with Gasteiger partial charge in [-0.3, -0.25) is 9.52 Å². The summed E-state index contributed by atoms with van der Waals surface area (Å²) in [6, 6.07) is 19.4. The van der Waals surface area contributed by atoms with Crippen LogP contribution in [0.3, 0.4) is 0 Å². The predicted molar refractivity (Wildman–Crippen MR) is 131 cm³/mol. The van der Waals surface area contributed by atoms with Gasteiger partial charge in [-0.25, -0.2) is 18.4 Å². The van der Waals surface area contributed by atoms with Crippen molar-refractivity contribution >= 4 is 27.3 Å². The van der Waals surface area contributed by atoms with Crippen molar-refractivity contribution in [2.24, 2.45) is 0 Å². The zero-order chi connectivity index (χ0) is 24.8. The van der Waals surface area contributed by atoms with Gasteiger partial charge in [0.05, 0.1) is 12.0 Å². The summed E-state index contributed by atoms with van der Waals surface area (Å²) in [5.74, 6) is 0.669. The quantitative estimate of drug-likeness (QED) is 0.369. The highest BCUT2D eigenvalue weighted by Gasteiger charge is 2.19. The third kappa shape index (κ3) is 5.92. The molecule has 0 unspecified atom stereocenters. The van der Waals surface area contributed by atoms with Gasteiger partial charge in [0.25, 0.3) is 15.9 Å². The molecule has 35 heavy (non-hydrogen) atoms. The van der Waals surface area contributed by atoms with Crippen molar-refractivity contribution in [1.82, 2.24) is 9.97 Å². The summed E-state index contributed by atoms with van der Waals surface area (Å²) in [6.45, 7) is 1.74. The largest absolute Gasteiger partial charge is 0.497 e. The second kappa shape index (κ2) is 10.2. The molecule has 0 fully saturated rings. The number of aromatic nitrogens is 2. The fourth-order valence-corrected chi connectivity index (χ4v) is 4.22. The van der Waals surface area contributed by atoms with E-state index in [2.05, 4.69) is 20.0 Å². The number of rotatable bonds is 8. The Morgan fingerprint density at radius 2 is 1.49 bits per heavy atom. The second-order valence-corrected chi connectivity index (χ2v) is 9.11. The van der Waals surface area contributed by atoms with Crippen LogP contribution in [0.5, 0.6) is 17.5 Å². The van der Waals surface area contributed by atoms with Gasteiger partial charge in [0.2, 0.25) is 0 Å². The van der Waals surface area contributed by atoms with Crippen molar-refractivity contribution in [1.29, 1.82) is 0 Å². The number of carbonyl (C=O) groups is 1. The predicted octanol–water partition coefficient (Wildman–Crippen LogP) is 4.64. The van der Waals surface area contributed by atoms with E-state index in [1.54, 1.807) is 80.0 Å². The molecule has 0 aliphatic rings. The van der Waals surface area contributed by atoms with Gasteiger partial charge in [0.1, 0.15) is 11.5 Å². The molecule has 0 saturated heterocycles.